The molecule has 1 unspecified atom stereocenters. The maximum absolute atomic E-state index is 10.1. The minimum Gasteiger partial charge on any atom is -0.760 e. The summed E-state index contributed by atoms with van der Waals surface area (Å²) in [6.07, 6.45) is 1.14. The Morgan fingerprint density at radius 1 is 1.91 bits per heavy atom. The van der Waals surface area contributed by atoms with Gasteiger partial charge >= 0.3 is 5.97 Å². The van der Waals surface area contributed by atoms with Gasteiger partial charge in [-0.25, -0.2) is 4.79 Å². The normalized spacial score (nSPS) is 10.5. The summed E-state index contributed by atoms with van der Waals surface area (Å²) in [6, 6.07) is 0. The van der Waals surface area contributed by atoms with Crippen LogP contribution in [0.3, 0.4) is 0 Å². The summed E-state index contributed by atoms with van der Waals surface area (Å²) in [5.41, 5.74) is 0. The van der Waals surface area contributed by atoms with Crippen molar-refractivity contribution in [2.75, 3.05) is 6.61 Å². The fourth-order valence-electron chi connectivity index (χ4n) is 0.201. The van der Waals surface area contributed by atoms with Gasteiger partial charge in [-0.1, -0.05) is 6.58 Å². The molecule has 0 fully saturated rings. The second kappa shape index (κ2) is 9.28. The van der Waals surface area contributed by atoms with Crippen molar-refractivity contribution in [2.45, 2.75) is 6.92 Å². The molecule has 0 rings (SSSR count). The van der Waals surface area contributed by atoms with Gasteiger partial charge in [0.15, 0.2) is 0 Å². The first-order valence-corrected chi connectivity index (χ1v) is 3.81. The lowest BCUT2D eigenvalue weighted by Crippen LogP contribution is -1.97. The topological polar surface area (TPSA) is 92.5 Å². The van der Waals surface area contributed by atoms with E-state index in [2.05, 4.69) is 16.5 Å². The number of hydrogen-bond acceptors (Lipinski definition) is 4. The molecule has 0 aromatic rings. The summed E-state index contributed by atoms with van der Waals surface area (Å²) in [5, 5.41) is 4.03. The van der Waals surface area contributed by atoms with Crippen LogP contribution in [-0.2, 0) is 20.8 Å². The second-order valence-corrected chi connectivity index (χ2v) is 1.74. The van der Waals surface area contributed by atoms with Crippen molar-refractivity contribution in [1.82, 2.24) is 0 Å². The smallest absolute Gasteiger partial charge is 0.330 e. The monoisotopic (exact) mass is 180 g/mol. The van der Waals surface area contributed by atoms with Crippen LogP contribution < -0.4 is 5.14 Å². The Morgan fingerprint density at radius 2 is 2.27 bits per heavy atom. The predicted molar refractivity (Wildman–Crippen MR) is 39.9 cm³/mol. The van der Waals surface area contributed by atoms with Crippen LogP contribution in [0.2, 0.25) is 0 Å². The third-order valence-corrected chi connectivity index (χ3v) is 0.453. The molecule has 0 amide bonds. The number of carbonyl (C=O) groups is 1. The highest BCUT2D eigenvalue weighted by Crippen LogP contribution is 1.74. The Morgan fingerprint density at radius 3 is 2.36 bits per heavy atom. The van der Waals surface area contributed by atoms with Crippen LogP contribution >= 0.6 is 0 Å². The third-order valence-electron chi connectivity index (χ3n) is 0.453. The van der Waals surface area contributed by atoms with E-state index in [1.54, 1.807) is 6.92 Å². The molecule has 0 aliphatic heterocycles. The Balaban J connectivity index is 0. The first kappa shape index (κ1) is 12.9. The molecule has 0 aromatic heterocycles. The first-order valence-electron chi connectivity index (χ1n) is 2.67. The van der Waals surface area contributed by atoms with E-state index < -0.39 is 11.3 Å². The highest BCUT2D eigenvalue weighted by Gasteiger charge is 1.86. The summed E-state index contributed by atoms with van der Waals surface area (Å²) < 4.78 is 22.0. The van der Waals surface area contributed by atoms with Gasteiger partial charge in [-0.3, -0.25) is 9.35 Å². The lowest BCUT2D eigenvalue weighted by molar-refractivity contribution is -0.137. The van der Waals surface area contributed by atoms with Gasteiger partial charge in [-0.05, 0) is 6.92 Å². The first-order chi connectivity index (χ1) is 5.04. The quantitative estimate of drug-likeness (QED) is 0.351. The molecule has 11 heavy (non-hydrogen) atoms. The zero-order valence-electron chi connectivity index (χ0n) is 6.11. The average Bonchev–Trinajstić information content (AvgIpc) is 1.87. The van der Waals surface area contributed by atoms with Crippen LogP contribution in [0.4, 0.5) is 0 Å². The summed E-state index contributed by atoms with van der Waals surface area (Å²) in [4.78, 5) is 10.1. The van der Waals surface area contributed by atoms with E-state index in [0.29, 0.717) is 6.61 Å². The van der Waals surface area contributed by atoms with E-state index >= 15 is 0 Å². The fourth-order valence-corrected chi connectivity index (χ4v) is 0.201. The number of esters is 1. The number of carbonyl (C=O) groups excluding carboxylic acids is 1. The summed E-state index contributed by atoms with van der Waals surface area (Å²) in [7, 11) is 0. The maximum Gasteiger partial charge on any atom is 0.330 e. The molecule has 0 spiro atoms. The minimum absolute atomic E-state index is 0.359. The number of ether oxygens (including phenoxy) is 1. The van der Waals surface area contributed by atoms with Gasteiger partial charge in [-0.15, -0.1) is 0 Å². The van der Waals surface area contributed by atoms with Crippen LogP contribution in [0, 0.1) is 0 Å². The van der Waals surface area contributed by atoms with Gasteiger partial charge in [0.05, 0.1) is 6.61 Å². The van der Waals surface area contributed by atoms with E-state index in [1.165, 1.54) is 0 Å². The molecule has 0 aromatic carbocycles. The average molecular weight is 180 g/mol. The van der Waals surface area contributed by atoms with Crippen molar-refractivity contribution >= 4 is 17.2 Å². The molecule has 0 saturated heterocycles. The lowest BCUT2D eigenvalue weighted by atomic mass is 10.6. The van der Waals surface area contributed by atoms with Crippen LogP contribution in [0.1, 0.15) is 6.92 Å². The predicted octanol–water partition coefficient (Wildman–Crippen LogP) is -0.525. The molecule has 1 atom stereocenters. The molecule has 2 N–H and O–H groups in total. The molecule has 6 heteroatoms. The van der Waals surface area contributed by atoms with Gasteiger partial charge in [-0.2, -0.15) is 0 Å². The van der Waals surface area contributed by atoms with Gasteiger partial charge < -0.3 is 9.29 Å². The van der Waals surface area contributed by atoms with E-state index in [4.69, 9.17) is 8.76 Å². The van der Waals surface area contributed by atoms with Crippen molar-refractivity contribution in [3.63, 3.8) is 0 Å². The van der Waals surface area contributed by atoms with Crippen molar-refractivity contribution < 1.29 is 18.3 Å². The molecule has 0 radical (unpaired) electrons. The van der Waals surface area contributed by atoms with Crippen molar-refractivity contribution in [1.29, 1.82) is 0 Å². The number of rotatable bonds is 2. The SMILES string of the molecule is C=CC(=O)OCC.NS(=O)[O-]. The Kier molecular flexibility index (Phi) is 10.9. The molecular formula is C5H10NO4S-. The lowest BCUT2D eigenvalue weighted by Gasteiger charge is -1.90. The summed E-state index contributed by atoms with van der Waals surface area (Å²) in [5.74, 6) is -0.359. The molecule has 0 aliphatic rings. The van der Waals surface area contributed by atoms with E-state index in [9.17, 15) is 4.79 Å². The van der Waals surface area contributed by atoms with Crippen molar-refractivity contribution in [3.8, 4) is 0 Å². The molecule has 5 nitrogen and oxygen atoms in total. The van der Waals surface area contributed by atoms with E-state index in [1.807, 2.05) is 0 Å². The van der Waals surface area contributed by atoms with E-state index in [-0.39, 0.29) is 5.97 Å². The highest BCUT2D eigenvalue weighted by atomic mass is 32.2. The van der Waals surface area contributed by atoms with Gasteiger partial charge in [0.2, 0.25) is 0 Å². The summed E-state index contributed by atoms with van der Waals surface area (Å²) >= 11 is -2.36. The largest absolute Gasteiger partial charge is 0.760 e. The Bertz CT molecular complexity index is 143. The van der Waals surface area contributed by atoms with Gasteiger partial charge in [0.25, 0.3) is 0 Å². The van der Waals surface area contributed by atoms with Gasteiger partial charge in [0.1, 0.15) is 0 Å². The third kappa shape index (κ3) is 26.8. The molecule has 0 aliphatic carbocycles. The maximum atomic E-state index is 10.1. The highest BCUT2D eigenvalue weighted by molar-refractivity contribution is 7.76. The van der Waals surface area contributed by atoms with E-state index in [0.717, 1.165) is 6.08 Å². The Labute approximate surface area is 67.6 Å². The zero-order chi connectivity index (χ0) is 9.28. The summed E-state index contributed by atoms with van der Waals surface area (Å²) in [6.45, 7) is 5.38. The van der Waals surface area contributed by atoms with Crippen molar-refractivity contribution in [3.05, 3.63) is 12.7 Å². The van der Waals surface area contributed by atoms with Crippen molar-refractivity contribution in [2.24, 2.45) is 5.14 Å². The molecule has 0 saturated carbocycles. The zero-order valence-corrected chi connectivity index (χ0v) is 6.93. The molecule has 0 bridgehead atoms. The molecule has 0 heterocycles. The Hall–Kier alpha value is -0.720. The van der Waals surface area contributed by atoms with Crippen LogP contribution in [0.25, 0.3) is 0 Å². The van der Waals surface area contributed by atoms with Crippen LogP contribution in [0.5, 0.6) is 0 Å². The van der Waals surface area contributed by atoms with Crippen LogP contribution in [0.15, 0.2) is 12.7 Å². The van der Waals surface area contributed by atoms with Crippen LogP contribution in [-0.4, -0.2) is 21.3 Å². The minimum atomic E-state index is -2.36. The standard InChI is InChI=1S/C5H8O2.H3NO2S/c1-3-5(6)7-4-2;1-4(2)3/h3H,1,4H2,2H3;1H2,(H,2,3)/p-1. The molecule has 66 valence electrons. The fraction of sp³-hybridized carbons (Fsp3) is 0.400. The molecular weight excluding hydrogens is 170 g/mol. The van der Waals surface area contributed by atoms with Gasteiger partial charge in [0, 0.05) is 17.3 Å². The number of hydrogen-bond donors (Lipinski definition) is 1. The number of nitrogens with two attached hydrogens (primary N) is 1. The second-order valence-electron chi connectivity index (χ2n) is 1.22.